The van der Waals surface area contributed by atoms with Crippen molar-refractivity contribution in [2.45, 2.75) is 63.8 Å². The Kier molecular flexibility index (Phi) is 5.77. The van der Waals surface area contributed by atoms with E-state index in [9.17, 15) is 4.79 Å². The van der Waals surface area contributed by atoms with Gasteiger partial charge in [0.05, 0.1) is 0 Å². The summed E-state index contributed by atoms with van der Waals surface area (Å²) in [6, 6.07) is 7.63. The minimum atomic E-state index is 0.0838. The number of rotatable bonds is 5. The van der Waals surface area contributed by atoms with Gasteiger partial charge in [0.25, 0.3) is 0 Å². The minimum absolute atomic E-state index is 0.0838. The first kappa shape index (κ1) is 18.5. The van der Waals surface area contributed by atoms with E-state index < -0.39 is 0 Å². The van der Waals surface area contributed by atoms with Gasteiger partial charge in [0.1, 0.15) is 0 Å². The van der Waals surface area contributed by atoms with Crippen LogP contribution in [0.4, 0.5) is 0 Å². The van der Waals surface area contributed by atoms with Crippen LogP contribution in [0.3, 0.4) is 0 Å². The molecule has 3 atom stereocenters. The molecule has 1 heterocycles. The third kappa shape index (κ3) is 4.70. The first-order chi connectivity index (χ1) is 13.2. The maximum Gasteiger partial charge on any atom is 0.227 e. The zero-order valence-electron chi connectivity index (χ0n) is 15.5. The molecular weight excluding hydrogens is 362 g/mol. The molecule has 0 unspecified atom stereocenters. The molecule has 1 aromatic heterocycles. The molecule has 0 spiro atoms. The van der Waals surface area contributed by atoms with Crippen molar-refractivity contribution in [3.8, 4) is 11.4 Å². The van der Waals surface area contributed by atoms with Crippen LogP contribution in [0.2, 0.25) is 5.02 Å². The molecule has 2 aliphatic rings. The second-order valence-corrected chi connectivity index (χ2v) is 8.34. The van der Waals surface area contributed by atoms with E-state index in [1.165, 1.54) is 32.1 Å². The lowest BCUT2D eigenvalue weighted by molar-refractivity contribution is -0.122. The van der Waals surface area contributed by atoms with E-state index in [1.54, 1.807) is 12.1 Å². The Labute approximate surface area is 164 Å². The van der Waals surface area contributed by atoms with Crippen molar-refractivity contribution in [2.75, 3.05) is 0 Å². The molecule has 144 valence electrons. The largest absolute Gasteiger partial charge is 0.353 e. The van der Waals surface area contributed by atoms with Gasteiger partial charge in [-0.3, -0.25) is 4.79 Å². The van der Waals surface area contributed by atoms with E-state index in [-0.39, 0.29) is 5.91 Å². The SMILES string of the molecule is O=C(CCc1nc(-c2ccc(Cl)cc2)no1)N[C@@H]1CC[C@H]2CCCC[C@@H]2C1. The van der Waals surface area contributed by atoms with Gasteiger partial charge in [-0.05, 0) is 55.4 Å². The Bertz CT molecular complexity index is 774. The maximum atomic E-state index is 12.3. The van der Waals surface area contributed by atoms with Crippen LogP contribution in [-0.2, 0) is 11.2 Å². The third-order valence-electron chi connectivity index (χ3n) is 6.04. The molecule has 0 aliphatic heterocycles. The average Bonchev–Trinajstić information content (AvgIpc) is 3.16. The van der Waals surface area contributed by atoms with Crippen LogP contribution in [-0.4, -0.2) is 22.1 Å². The lowest BCUT2D eigenvalue weighted by atomic mass is 9.69. The number of carbonyl (C=O) groups excluding carboxylic acids is 1. The molecule has 0 radical (unpaired) electrons. The Morgan fingerprint density at radius 1 is 1.11 bits per heavy atom. The van der Waals surface area contributed by atoms with Crippen LogP contribution in [0.5, 0.6) is 0 Å². The van der Waals surface area contributed by atoms with Crippen LogP contribution in [0, 0.1) is 11.8 Å². The number of nitrogens with zero attached hydrogens (tertiary/aromatic N) is 2. The normalized spacial score (nSPS) is 25.0. The fourth-order valence-corrected chi connectivity index (χ4v) is 4.72. The first-order valence-electron chi connectivity index (χ1n) is 10.1. The van der Waals surface area contributed by atoms with Gasteiger partial charge in [0, 0.05) is 29.5 Å². The number of fused-ring (bicyclic) bond motifs is 1. The van der Waals surface area contributed by atoms with Crippen LogP contribution in [0.25, 0.3) is 11.4 Å². The quantitative estimate of drug-likeness (QED) is 0.800. The van der Waals surface area contributed by atoms with Gasteiger partial charge in [0.15, 0.2) is 0 Å². The van der Waals surface area contributed by atoms with E-state index in [2.05, 4.69) is 15.5 Å². The van der Waals surface area contributed by atoms with Crippen LogP contribution >= 0.6 is 11.6 Å². The maximum absolute atomic E-state index is 12.3. The Morgan fingerprint density at radius 2 is 1.89 bits per heavy atom. The van der Waals surface area contributed by atoms with Gasteiger partial charge in [-0.15, -0.1) is 0 Å². The Balaban J connectivity index is 1.25. The standard InChI is InChI=1S/C21H26ClN3O2/c22-17-8-5-15(6-9-17)21-24-20(27-25-21)12-11-19(26)23-18-10-7-14-3-1-2-4-16(14)13-18/h5-6,8-9,14,16,18H,1-4,7,10-13H2,(H,23,26)/t14-,16-,18-/m1/s1. The number of aromatic nitrogens is 2. The summed E-state index contributed by atoms with van der Waals surface area (Å²) in [4.78, 5) is 16.7. The zero-order valence-corrected chi connectivity index (χ0v) is 16.3. The first-order valence-corrected chi connectivity index (χ1v) is 10.4. The van der Waals surface area contributed by atoms with Gasteiger partial charge in [-0.2, -0.15) is 4.98 Å². The summed E-state index contributed by atoms with van der Waals surface area (Å²) < 4.78 is 5.29. The second-order valence-electron chi connectivity index (χ2n) is 7.90. The predicted octanol–water partition coefficient (Wildman–Crippen LogP) is 4.80. The number of halogens is 1. The third-order valence-corrected chi connectivity index (χ3v) is 6.29. The van der Waals surface area contributed by atoms with Gasteiger partial charge in [-0.1, -0.05) is 42.4 Å². The summed E-state index contributed by atoms with van der Waals surface area (Å²) in [5.74, 6) is 2.82. The molecule has 1 amide bonds. The summed E-state index contributed by atoms with van der Waals surface area (Å²) >= 11 is 5.90. The van der Waals surface area contributed by atoms with Crippen molar-refractivity contribution in [1.82, 2.24) is 15.5 Å². The second kappa shape index (κ2) is 8.42. The van der Waals surface area contributed by atoms with E-state index in [0.717, 1.165) is 30.2 Å². The molecule has 0 saturated heterocycles. The molecule has 2 saturated carbocycles. The van der Waals surface area contributed by atoms with Gasteiger partial charge in [0.2, 0.25) is 17.6 Å². The number of aryl methyl sites for hydroxylation is 1. The van der Waals surface area contributed by atoms with Crippen molar-refractivity contribution in [3.05, 3.63) is 35.2 Å². The number of amides is 1. The van der Waals surface area contributed by atoms with E-state index in [0.29, 0.717) is 35.6 Å². The van der Waals surface area contributed by atoms with Gasteiger partial charge >= 0.3 is 0 Å². The van der Waals surface area contributed by atoms with Crippen LogP contribution in [0.15, 0.2) is 28.8 Å². The molecule has 5 nitrogen and oxygen atoms in total. The molecule has 1 N–H and O–H groups in total. The fraction of sp³-hybridized carbons (Fsp3) is 0.571. The van der Waals surface area contributed by atoms with E-state index in [4.69, 9.17) is 16.1 Å². The summed E-state index contributed by atoms with van der Waals surface area (Å²) in [5.41, 5.74) is 0.850. The minimum Gasteiger partial charge on any atom is -0.353 e. The molecule has 2 fully saturated rings. The molecular formula is C21H26ClN3O2. The van der Waals surface area contributed by atoms with Gasteiger partial charge in [-0.25, -0.2) is 0 Å². The fourth-order valence-electron chi connectivity index (χ4n) is 4.60. The van der Waals surface area contributed by atoms with Crippen molar-refractivity contribution >= 4 is 17.5 Å². The molecule has 2 aromatic rings. The lowest BCUT2D eigenvalue weighted by Gasteiger charge is -2.39. The van der Waals surface area contributed by atoms with Crippen molar-refractivity contribution in [3.63, 3.8) is 0 Å². The summed E-state index contributed by atoms with van der Waals surface area (Å²) in [7, 11) is 0. The molecule has 1 aromatic carbocycles. The summed E-state index contributed by atoms with van der Waals surface area (Å²) in [5, 5.41) is 7.89. The Morgan fingerprint density at radius 3 is 2.70 bits per heavy atom. The van der Waals surface area contributed by atoms with Crippen molar-refractivity contribution < 1.29 is 9.32 Å². The van der Waals surface area contributed by atoms with E-state index >= 15 is 0 Å². The van der Waals surface area contributed by atoms with Crippen LogP contribution < -0.4 is 5.32 Å². The van der Waals surface area contributed by atoms with Crippen LogP contribution in [0.1, 0.15) is 57.3 Å². The van der Waals surface area contributed by atoms with Crippen molar-refractivity contribution in [2.24, 2.45) is 11.8 Å². The zero-order chi connectivity index (χ0) is 18.6. The molecule has 2 aliphatic carbocycles. The monoisotopic (exact) mass is 387 g/mol. The topological polar surface area (TPSA) is 68.0 Å². The number of hydrogen-bond acceptors (Lipinski definition) is 4. The highest BCUT2D eigenvalue weighted by molar-refractivity contribution is 6.30. The number of carbonyl (C=O) groups is 1. The molecule has 27 heavy (non-hydrogen) atoms. The lowest BCUT2D eigenvalue weighted by Crippen LogP contribution is -2.41. The molecule has 6 heteroatoms. The summed E-state index contributed by atoms with van der Waals surface area (Å²) in [6.45, 7) is 0. The smallest absolute Gasteiger partial charge is 0.227 e. The Hall–Kier alpha value is -1.88. The van der Waals surface area contributed by atoms with Crippen molar-refractivity contribution in [1.29, 1.82) is 0 Å². The summed E-state index contributed by atoms with van der Waals surface area (Å²) in [6.07, 6.45) is 9.86. The highest BCUT2D eigenvalue weighted by atomic mass is 35.5. The molecule has 4 rings (SSSR count). The number of benzene rings is 1. The highest BCUT2D eigenvalue weighted by Gasteiger charge is 2.32. The van der Waals surface area contributed by atoms with E-state index in [1.807, 2.05) is 12.1 Å². The number of hydrogen-bond donors (Lipinski definition) is 1. The molecule has 0 bridgehead atoms. The number of nitrogens with one attached hydrogen (secondary N) is 1. The average molecular weight is 388 g/mol. The predicted molar refractivity (Wildman–Crippen MR) is 104 cm³/mol. The highest BCUT2D eigenvalue weighted by Crippen LogP contribution is 2.40. The van der Waals surface area contributed by atoms with Gasteiger partial charge < -0.3 is 9.84 Å².